The molecule has 3 aromatic rings. The summed E-state index contributed by atoms with van der Waals surface area (Å²) in [5.41, 5.74) is 4.43. The molecule has 2 aromatic carbocycles. The number of rotatable bonds is 6. The molecule has 2 amide bonds. The molecule has 1 heterocycles. The van der Waals surface area contributed by atoms with Crippen LogP contribution in [-0.2, 0) is 0 Å². The van der Waals surface area contributed by atoms with Gasteiger partial charge >= 0.3 is 6.03 Å². The first-order valence-electron chi connectivity index (χ1n) is 12.1. The number of amides is 2. The summed E-state index contributed by atoms with van der Waals surface area (Å²) in [6, 6.07) is 16.8. The van der Waals surface area contributed by atoms with Gasteiger partial charge in [0.2, 0.25) is 0 Å². The summed E-state index contributed by atoms with van der Waals surface area (Å²) in [5, 5.41) is 17.0. The maximum absolute atomic E-state index is 12.3. The highest BCUT2D eigenvalue weighted by Gasteiger charge is 2.28. The van der Waals surface area contributed by atoms with Crippen LogP contribution in [0.4, 0.5) is 10.5 Å². The Morgan fingerprint density at radius 2 is 1.85 bits per heavy atom. The highest BCUT2D eigenvalue weighted by Crippen LogP contribution is 2.43. The van der Waals surface area contributed by atoms with Crippen LogP contribution < -0.4 is 15.4 Å². The van der Waals surface area contributed by atoms with E-state index in [1.165, 1.54) is 19.3 Å². The second-order valence-corrected chi connectivity index (χ2v) is 9.06. The molecule has 2 N–H and O–H groups in total. The number of nitriles is 1. The summed E-state index contributed by atoms with van der Waals surface area (Å²) in [6.07, 6.45) is 7.91. The number of hydrogen-bond acceptors (Lipinski definition) is 3. The lowest BCUT2D eigenvalue weighted by Gasteiger charge is -2.30. The molecule has 0 radical (unpaired) electrons. The van der Waals surface area contributed by atoms with Gasteiger partial charge in [0.1, 0.15) is 11.8 Å². The van der Waals surface area contributed by atoms with Crippen LogP contribution >= 0.6 is 0 Å². The van der Waals surface area contributed by atoms with E-state index < -0.39 is 0 Å². The van der Waals surface area contributed by atoms with E-state index in [0.29, 0.717) is 18.2 Å². The Labute approximate surface area is 194 Å². The molecule has 170 valence electrons. The van der Waals surface area contributed by atoms with Crippen molar-refractivity contribution >= 4 is 22.6 Å². The van der Waals surface area contributed by atoms with Crippen LogP contribution in [0.5, 0.6) is 5.75 Å². The minimum Gasteiger partial charge on any atom is -0.494 e. The SMILES string of the molecule is CCOc1ccc2c(C#N)c(-c3ccc(NC(=O)NC4CCCC4)cc3)n(C3CCC3)c2c1. The number of aromatic nitrogens is 1. The minimum atomic E-state index is -0.153. The Bertz CT molecular complexity index is 1200. The molecular weight excluding hydrogens is 412 g/mol. The Morgan fingerprint density at radius 3 is 2.48 bits per heavy atom. The van der Waals surface area contributed by atoms with Gasteiger partial charge in [-0.05, 0) is 68.9 Å². The molecule has 2 fully saturated rings. The number of urea groups is 1. The Morgan fingerprint density at radius 1 is 1.09 bits per heavy atom. The van der Waals surface area contributed by atoms with Crippen LogP contribution in [0.25, 0.3) is 22.2 Å². The number of carbonyl (C=O) groups is 1. The predicted molar refractivity (Wildman–Crippen MR) is 131 cm³/mol. The average molecular weight is 443 g/mol. The van der Waals surface area contributed by atoms with Gasteiger partial charge in [-0.25, -0.2) is 4.79 Å². The van der Waals surface area contributed by atoms with Gasteiger partial charge in [0, 0.05) is 29.2 Å². The minimum absolute atomic E-state index is 0.153. The van der Waals surface area contributed by atoms with E-state index in [1.54, 1.807) is 0 Å². The zero-order chi connectivity index (χ0) is 22.8. The molecule has 2 aliphatic rings. The molecule has 0 atom stereocenters. The Hall–Kier alpha value is -3.46. The molecular formula is C27H30N4O2. The normalized spacial score (nSPS) is 16.4. The van der Waals surface area contributed by atoms with Gasteiger partial charge < -0.3 is 19.9 Å². The molecule has 0 saturated heterocycles. The molecule has 0 spiro atoms. The molecule has 0 unspecified atom stereocenters. The first-order valence-corrected chi connectivity index (χ1v) is 12.1. The summed E-state index contributed by atoms with van der Waals surface area (Å²) in [4.78, 5) is 12.3. The summed E-state index contributed by atoms with van der Waals surface area (Å²) in [5.74, 6) is 0.826. The lowest BCUT2D eigenvalue weighted by Crippen LogP contribution is -2.36. The molecule has 6 heteroatoms. The van der Waals surface area contributed by atoms with Crippen LogP contribution in [-0.4, -0.2) is 23.2 Å². The van der Waals surface area contributed by atoms with Crippen LogP contribution in [0.1, 0.15) is 63.5 Å². The quantitative estimate of drug-likeness (QED) is 0.466. The van der Waals surface area contributed by atoms with E-state index in [4.69, 9.17) is 4.74 Å². The van der Waals surface area contributed by atoms with E-state index >= 15 is 0 Å². The summed E-state index contributed by atoms with van der Waals surface area (Å²) < 4.78 is 8.08. The van der Waals surface area contributed by atoms with Gasteiger partial charge in [0.25, 0.3) is 0 Å². The lowest BCUT2D eigenvalue weighted by atomic mass is 9.92. The Balaban J connectivity index is 1.48. The fraction of sp³-hybridized carbons (Fsp3) is 0.407. The first kappa shape index (κ1) is 21.4. The third-order valence-corrected chi connectivity index (χ3v) is 6.95. The van der Waals surface area contributed by atoms with E-state index in [9.17, 15) is 10.1 Å². The second kappa shape index (κ2) is 9.19. The highest BCUT2D eigenvalue weighted by atomic mass is 16.5. The zero-order valence-corrected chi connectivity index (χ0v) is 19.1. The van der Waals surface area contributed by atoms with E-state index in [1.807, 2.05) is 43.3 Å². The van der Waals surface area contributed by atoms with Gasteiger partial charge in [0.05, 0.1) is 23.4 Å². The standard InChI is InChI=1S/C27H30N4O2/c1-2-33-22-14-15-23-24(17-28)26(31(25(23)16-22)21-8-5-9-21)18-10-12-20(13-11-18)30-27(32)29-19-6-3-4-7-19/h10-16,19,21H,2-9H2,1H3,(H2,29,30,32). The maximum Gasteiger partial charge on any atom is 0.319 e. The molecule has 33 heavy (non-hydrogen) atoms. The fourth-order valence-corrected chi connectivity index (χ4v) is 5.10. The first-order chi connectivity index (χ1) is 16.2. The van der Waals surface area contributed by atoms with Crippen molar-refractivity contribution < 1.29 is 9.53 Å². The number of benzene rings is 2. The molecule has 0 aliphatic heterocycles. The van der Waals surface area contributed by atoms with Crippen molar-refractivity contribution in [2.24, 2.45) is 0 Å². The predicted octanol–water partition coefficient (Wildman–Crippen LogP) is 6.37. The smallest absolute Gasteiger partial charge is 0.319 e. The number of ether oxygens (including phenoxy) is 1. The highest BCUT2D eigenvalue weighted by molar-refractivity contribution is 5.96. The van der Waals surface area contributed by atoms with E-state index in [2.05, 4.69) is 27.3 Å². The van der Waals surface area contributed by atoms with Crippen molar-refractivity contribution in [3.05, 3.63) is 48.0 Å². The molecule has 2 aliphatic carbocycles. The number of nitrogens with zero attached hydrogens (tertiary/aromatic N) is 2. The number of fused-ring (bicyclic) bond motifs is 1. The summed E-state index contributed by atoms with van der Waals surface area (Å²) >= 11 is 0. The van der Waals surface area contributed by atoms with Crippen molar-refractivity contribution in [2.75, 3.05) is 11.9 Å². The van der Waals surface area contributed by atoms with Gasteiger partial charge in [-0.15, -0.1) is 0 Å². The second-order valence-electron chi connectivity index (χ2n) is 9.06. The Kier molecular flexibility index (Phi) is 5.95. The third kappa shape index (κ3) is 4.16. The van der Waals surface area contributed by atoms with Gasteiger partial charge in [-0.3, -0.25) is 0 Å². The third-order valence-electron chi connectivity index (χ3n) is 6.95. The zero-order valence-electron chi connectivity index (χ0n) is 19.1. The van der Waals surface area contributed by atoms with E-state index in [0.717, 1.165) is 59.3 Å². The van der Waals surface area contributed by atoms with Crippen molar-refractivity contribution in [1.82, 2.24) is 9.88 Å². The number of hydrogen-bond donors (Lipinski definition) is 2. The topological polar surface area (TPSA) is 79.1 Å². The fourth-order valence-electron chi connectivity index (χ4n) is 5.10. The molecule has 2 saturated carbocycles. The van der Waals surface area contributed by atoms with Crippen LogP contribution in [0.2, 0.25) is 0 Å². The molecule has 6 nitrogen and oxygen atoms in total. The van der Waals surface area contributed by atoms with Crippen LogP contribution in [0, 0.1) is 11.3 Å². The van der Waals surface area contributed by atoms with Crippen molar-refractivity contribution in [1.29, 1.82) is 5.26 Å². The van der Waals surface area contributed by atoms with Crippen molar-refractivity contribution in [3.63, 3.8) is 0 Å². The number of anilines is 1. The van der Waals surface area contributed by atoms with Crippen molar-refractivity contribution in [2.45, 2.75) is 64.0 Å². The number of carbonyl (C=O) groups excluding carboxylic acids is 1. The van der Waals surface area contributed by atoms with Gasteiger partial charge in [-0.2, -0.15) is 5.26 Å². The monoisotopic (exact) mass is 442 g/mol. The van der Waals surface area contributed by atoms with Gasteiger partial charge in [-0.1, -0.05) is 25.0 Å². The maximum atomic E-state index is 12.3. The summed E-state index contributed by atoms with van der Waals surface area (Å²) in [7, 11) is 0. The van der Waals surface area contributed by atoms with E-state index in [-0.39, 0.29) is 12.1 Å². The van der Waals surface area contributed by atoms with Crippen molar-refractivity contribution in [3.8, 4) is 23.1 Å². The van der Waals surface area contributed by atoms with Gasteiger partial charge in [0.15, 0.2) is 0 Å². The molecule has 5 rings (SSSR count). The molecule has 1 aromatic heterocycles. The van der Waals surface area contributed by atoms with Crippen LogP contribution in [0.15, 0.2) is 42.5 Å². The van der Waals surface area contributed by atoms with Crippen LogP contribution in [0.3, 0.4) is 0 Å². The largest absolute Gasteiger partial charge is 0.494 e. The molecule has 0 bridgehead atoms. The average Bonchev–Trinajstić information content (AvgIpc) is 3.39. The lowest BCUT2D eigenvalue weighted by molar-refractivity contribution is 0.248. The summed E-state index contributed by atoms with van der Waals surface area (Å²) in [6.45, 7) is 2.58. The number of nitrogens with one attached hydrogen (secondary N) is 2.